The van der Waals surface area contributed by atoms with Crippen molar-refractivity contribution < 1.29 is 79.5 Å². The van der Waals surface area contributed by atoms with Gasteiger partial charge in [0.15, 0.2) is 62.8 Å². The molecule has 536 valence electrons. The van der Waals surface area contributed by atoms with Crippen molar-refractivity contribution in [1.82, 2.24) is 0 Å². The Hall–Kier alpha value is -9.15. The van der Waals surface area contributed by atoms with Gasteiger partial charge in [-0.05, 0) is 130 Å². The van der Waals surface area contributed by atoms with Gasteiger partial charge in [-0.1, -0.05) is 237 Å². The van der Waals surface area contributed by atoms with Crippen molar-refractivity contribution in [3.8, 4) is 0 Å². The van der Waals surface area contributed by atoms with E-state index in [0.29, 0.717) is 12.8 Å². The zero-order chi connectivity index (χ0) is 72.9. The van der Waals surface area contributed by atoms with Gasteiger partial charge in [-0.25, -0.2) is 16.8 Å². The van der Waals surface area contributed by atoms with Crippen LogP contribution in [0.1, 0.15) is 86.6 Å². The van der Waals surface area contributed by atoms with E-state index in [2.05, 4.69) is 243 Å². The van der Waals surface area contributed by atoms with Crippen molar-refractivity contribution in [1.29, 1.82) is 0 Å². The topological polar surface area (TPSA) is 167 Å². The number of rotatable bonds is 16. The second kappa shape index (κ2) is 34.2. The molecule has 0 saturated heterocycles. The van der Waals surface area contributed by atoms with Crippen LogP contribution >= 0.6 is 0 Å². The minimum Gasteiger partial charge on any atom is -1.00 e. The maximum atomic E-state index is 13.3. The van der Waals surface area contributed by atoms with Gasteiger partial charge >= 0.3 is 22.4 Å². The summed E-state index contributed by atoms with van der Waals surface area (Å²) in [6.45, 7) is -2.44. The zero-order valence-electron chi connectivity index (χ0n) is 57.0. The number of carbonyl (C=O) groups is 2. The molecule has 0 aliphatic heterocycles. The number of ether oxygens (including phenoxy) is 2. The number of nitrogens with zero attached hydrogens (tertiary/aromatic N) is 1. The molecule has 0 heterocycles. The quantitative estimate of drug-likeness (QED) is 0.0299. The monoisotopic (exact) mass is 1500 g/mol. The third kappa shape index (κ3) is 18.5. The van der Waals surface area contributed by atoms with E-state index in [1.807, 2.05) is 97.1 Å². The Morgan fingerprint density at radius 2 is 0.567 bits per heavy atom. The molecule has 11 aromatic rings. The highest BCUT2D eigenvalue weighted by atomic mass is 35.5. The molecule has 4 bridgehead atoms. The number of hydrogen-bond donors (Lipinski definition) is 0. The first-order chi connectivity index (χ1) is 49.4. The smallest absolute Gasteiger partial charge is 0.367 e. The highest BCUT2D eigenvalue weighted by molar-refractivity contribution is 7.97. The highest BCUT2D eigenvalue weighted by Gasteiger charge is 2.50. The molecule has 0 fully saturated rings. The second-order valence-corrected chi connectivity index (χ2v) is 33.1. The molecule has 2 atom stereocenters. The molecule has 0 amide bonds. The van der Waals surface area contributed by atoms with Gasteiger partial charge in [-0.15, -0.1) is 0 Å². The van der Waals surface area contributed by atoms with Gasteiger partial charge in [0.2, 0.25) is 0 Å². The Balaban J connectivity index is 0.000000143. The first-order valence-electron chi connectivity index (χ1n) is 33.4. The number of alkyl halides is 4. The molecular formula is C84H76ClF4NO10S4. The molecule has 104 heavy (non-hydrogen) atoms. The molecule has 0 spiro atoms. The lowest BCUT2D eigenvalue weighted by Gasteiger charge is -2.44. The number of carbonyl (C=O) groups excluding carboxylic acids is 2. The molecule has 0 saturated carbocycles. The maximum absolute atomic E-state index is 13.3. The fraction of sp³-hybridized carbons (Fsp3) is 0.190. The maximum Gasteiger partial charge on any atom is 0.367 e. The van der Waals surface area contributed by atoms with E-state index in [1.165, 1.54) is 34.9 Å². The van der Waals surface area contributed by atoms with Gasteiger partial charge < -0.3 is 35.5 Å². The summed E-state index contributed by atoms with van der Waals surface area (Å²) in [4.78, 5) is 33.2. The number of benzene rings is 11. The van der Waals surface area contributed by atoms with Gasteiger partial charge in [-0.2, -0.15) is 17.6 Å². The molecule has 2 unspecified atom stereocenters. The van der Waals surface area contributed by atoms with Crippen LogP contribution in [-0.2, 0) is 67.6 Å². The highest BCUT2D eigenvalue weighted by Crippen LogP contribution is 2.57. The summed E-state index contributed by atoms with van der Waals surface area (Å²) < 4.78 is 127. The van der Waals surface area contributed by atoms with Crippen molar-refractivity contribution in [3.63, 3.8) is 0 Å². The SMILES string of the molecule is C[N+](C)(C)Cc1ccccc1.O=C(OCC(F)(F)S(=O)(=O)[O-])C1CC2c3ccccc3C1c1ccccc12.O=C(OCC(F)(F)S(=O)(=O)[O-])C1CC2c3ccccc3C1c1ccccc12.[Cl-].c1ccc([S+](c2ccccc2)c2ccccc2)cc1.c1ccc([S+](c2ccccc2)c2ccccc2)cc1. The van der Waals surface area contributed by atoms with Gasteiger partial charge in [0.05, 0.1) is 54.8 Å². The van der Waals surface area contributed by atoms with Crippen LogP contribution in [0.25, 0.3) is 0 Å². The van der Waals surface area contributed by atoms with E-state index in [4.69, 9.17) is 0 Å². The zero-order valence-corrected chi connectivity index (χ0v) is 61.0. The van der Waals surface area contributed by atoms with E-state index in [0.717, 1.165) is 55.5 Å². The third-order valence-electron chi connectivity index (χ3n) is 18.1. The fourth-order valence-electron chi connectivity index (χ4n) is 13.7. The summed E-state index contributed by atoms with van der Waals surface area (Å²) in [5, 5.41) is -9.29. The third-order valence-corrected chi connectivity index (χ3v) is 24.2. The number of fused-ring (bicyclic) bond motifs is 2. The second-order valence-electron chi connectivity index (χ2n) is 26.1. The lowest BCUT2D eigenvalue weighted by molar-refractivity contribution is -0.884. The van der Waals surface area contributed by atoms with Gasteiger partial charge in [-0.3, -0.25) is 9.59 Å². The van der Waals surface area contributed by atoms with Crippen LogP contribution in [0, 0.1) is 11.8 Å². The summed E-state index contributed by atoms with van der Waals surface area (Å²) in [7, 11) is -5.22. The lowest BCUT2D eigenvalue weighted by Crippen LogP contribution is -3.00. The van der Waals surface area contributed by atoms with E-state index in [9.17, 15) is 53.1 Å². The van der Waals surface area contributed by atoms with Crippen molar-refractivity contribution in [2.24, 2.45) is 11.8 Å². The van der Waals surface area contributed by atoms with Gasteiger partial charge in [0.25, 0.3) is 0 Å². The molecule has 6 aliphatic rings. The lowest BCUT2D eigenvalue weighted by atomic mass is 9.59. The number of quaternary nitrogens is 1. The van der Waals surface area contributed by atoms with Crippen LogP contribution in [0.2, 0.25) is 0 Å². The Bertz CT molecular complexity index is 4320. The summed E-state index contributed by atoms with van der Waals surface area (Å²) >= 11 is 0. The average Bonchev–Trinajstić information content (AvgIpc) is 0.725. The standard InChI is InChI=1S/2C19H16F2O5S.2C18H15S.C10H16N.ClH/c2*20-19(21,27(23,24)25)10-26-18(22)16-9-15-11-5-1-3-7-13(11)17(16)14-8-4-2-6-12(14)15;2*1-4-10-16(11-5-1)19(17-12-6-2-7-13-17)18-14-8-3-9-15-18;1-11(2,3)9-10-7-5-4-6-8-10;/h2*1-8,15-17H,9-10H2,(H,23,24,25);2*1-15H;4-8H,9H2,1-3H3;1H/q;;3*+1;/p-3. The van der Waals surface area contributed by atoms with Crippen molar-refractivity contribution in [2.45, 2.75) is 82.9 Å². The molecule has 11 aromatic carbocycles. The van der Waals surface area contributed by atoms with Gasteiger partial charge in [0, 0.05) is 29.2 Å². The van der Waals surface area contributed by atoms with Crippen LogP contribution < -0.4 is 12.4 Å². The van der Waals surface area contributed by atoms with Crippen molar-refractivity contribution in [3.05, 3.63) is 359 Å². The predicted octanol–water partition coefficient (Wildman–Crippen LogP) is 14.4. The van der Waals surface area contributed by atoms with E-state index in [-0.39, 0.29) is 57.9 Å². The minimum absolute atomic E-state index is 0. The summed E-state index contributed by atoms with van der Waals surface area (Å²) in [6, 6.07) is 105. The molecule has 11 nitrogen and oxygen atoms in total. The minimum atomic E-state index is -5.90. The van der Waals surface area contributed by atoms with E-state index in [1.54, 1.807) is 0 Å². The largest absolute Gasteiger partial charge is 1.00 e. The molecule has 0 N–H and O–H groups in total. The van der Waals surface area contributed by atoms with Gasteiger partial charge in [0.1, 0.15) is 6.54 Å². The summed E-state index contributed by atoms with van der Waals surface area (Å²) in [5.74, 6) is -4.11. The van der Waals surface area contributed by atoms with Crippen LogP contribution in [0.3, 0.4) is 0 Å². The Morgan fingerprint density at radius 3 is 0.779 bits per heavy atom. The number of halogens is 5. The number of esters is 2. The molecule has 0 radical (unpaired) electrons. The molecule has 0 aromatic heterocycles. The summed E-state index contributed by atoms with van der Waals surface area (Å²) in [6.07, 6.45) is 0.764. The molecule has 20 heteroatoms. The van der Waals surface area contributed by atoms with Crippen molar-refractivity contribution in [2.75, 3.05) is 34.4 Å². The van der Waals surface area contributed by atoms with Crippen LogP contribution in [-0.4, -0.2) is 87.2 Å². The molecular weight excluding hydrogens is 1420 g/mol. The average molecular weight is 1500 g/mol. The van der Waals surface area contributed by atoms with Crippen LogP contribution in [0.5, 0.6) is 0 Å². The van der Waals surface area contributed by atoms with Crippen molar-refractivity contribution >= 4 is 54.0 Å². The summed E-state index contributed by atoms with van der Waals surface area (Å²) in [5.41, 5.74) is 9.55. The van der Waals surface area contributed by atoms with E-state index < -0.39 is 67.7 Å². The Kier molecular flexibility index (Phi) is 25.5. The Labute approximate surface area is 617 Å². The molecule has 17 rings (SSSR count). The Morgan fingerprint density at radius 1 is 0.365 bits per heavy atom. The first kappa shape index (κ1) is 77.5. The number of hydrogen-bond acceptors (Lipinski definition) is 10. The van der Waals surface area contributed by atoms with Crippen LogP contribution in [0.15, 0.2) is 339 Å². The predicted molar refractivity (Wildman–Crippen MR) is 392 cm³/mol. The first-order valence-corrected chi connectivity index (χ1v) is 38.6. The normalized spacial score (nSPS) is 17.3. The fourth-order valence-corrected chi connectivity index (χ4v) is 18.3. The van der Waals surface area contributed by atoms with Crippen LogP contribution in [0.4, 0.5) is 17.6 Å². The van der Waals surface area contributed by atoms with E-state index >= 15 is 0 Å². The molecule has 6 aliphatic carbocycles.